The molecular weight excluding hydrogens is 478 g/mol. The van der Waals surface area contributed by atoms with Crippen molar-refractivity contribution in [2.24, 2.45) is 0 Å². The van der Waals surface area contributed by atoms with Gasteiger partial charge in [0.05, 0.1) is 23.1 Å². The lowest BCUT2D eigenvalue weighted by Crippen LogP contribution is -2.53. The predicted octanol–water partition coefficient (Wildman–Crippen LogP) is 5.60. The minimum absolute atomic E-state index is 0.0260. The molecule has 1 fully saturated rings. The Morgan fingerprint density at radius 1 is 1.31 bits per heavy atom. The molecule has 1 amide bonds. The fraction of sp³-hybridized carbons (Fsp3) is 0.269. The zero-order valence-corrected chi connectivity index (χ0v) is 21.8. The fourth-order valence-corrected chi connectivity index (χ4v) is 5.88. The highest BCUT2D eigenvalue weighted by molar-refractivity contribution is 8.01. The number of carbonyl (C=O) groups excluding carboxylic acids is 1. The minimum atomic E-state index is -0.0260. The van der Waals surface area contributed by atoms with Gasteiger partial charge >= 0.3 is 0 Å². The summed E-state index contributed by atoms with van der Waals surface area (Å²) in [5, 5.41) is 3.99. The molecule has 1 N–H and O–H groups in total. The van der Waals surface area contributed by atoms with Crippen molar-refractivity contribution >= 4 is 40.0 Å². The predicted molar refractivity (Wildman–Crippen MR) is 143 cm³/mol. The summed E-state index contributed by atoms with van der Waals surface area (Å²) in [5.41, 5.74) is 2.49. The molecule has 1 aliphatic rings. The molecule has 1 saturated heterocycles. The number of hydrogen-bond acceptors (Lipinski definition) is 8. The number of aryl methyl sites for hydroxylation is 1. The first-order valence-corrected chi connectivity index (χ1v) is 12.9. The lowest BCUT2D eigenvalue weighted by molar-refractivity contribution is 0.0545. The van der Waals surface area contributed by atoms with E-state index in [0.717, 1.165) is 44.4 Å². The Balaban J connectivity index is 1.53. The molecule has 0 unspecified atom stereocenters. The smallest absolute Gasteiger partial charge is 0.258 e. The van der Waals surface area contributed by atoms with E-state index in [1.165, 1.54) is 0 Å². The molecule has 1 aliphatic heterocycles. The van der Waals surface area contributed by atoms with Crippen molar-refractivity contribution < 1.29 is 9.53 Å². The molecule has 4 rings (SSSR count). The summed E-state index contributed by atoms with van der Waals surface area (Å²) in [4.78, 5) is 27.4. The van der Waals surface area contributed by atoms with Crippen LogP contribution in [0.5, 0.6) is 5.75 Å². The number of allylic oxidation sites excluding steroid dienone is 1. The number of anilines is 2. The number of hydrogen-bond donors (Lipinski definition) is 1. The largest absolute Gasteiger partial charge is 0.496 e. The van der Waals surface area contributed by atoms with Gasteiger partial charge in [0.25, 0.3) is 5.91 Å². The molecule has 35 heavy (non-hydrogen) atoms. The number of nitrogens with zero attached hydrogens (tertiary/aromatic N) is 4. The maximum Gasteiger partial charge on any atom is 0.258 e. The van der Waals surface area contributed by atoms with E-state index in [9.17, 15) is 4.79 Å². The van der Waals surface area contributed by atoms with Gasteiger partial charge in [-0.25, -0.2) is 9.97 Å². The third kappa shape index (κ3) is 5.68. The van der Waals surface area contributed by atoms with Crippen LogP contribution in [0.3, 0.4) is 0 Å². The van der Waals surface area contributed by atoms with Crippen LogP contribution in [0.4, 0.5) is 10.9 Å². The summed E-state index contributed by atoms with van der Waals surface area (Å²) in [6.07, 6.45) is 5.33. The molecule has 1 atom stereocenters. The quantitative estimate of drug-likeness (QED) is 0.398. The van der Waals surface area contributed by atoms with E-state index < -0.39 is 0 Å². The van der Waals surface area contributed by atoms with Crippen LogP contribution >= 0.6 is 23.1 Å². The number of benzene rings is 1. The van der Waals surface area contributed by atoms with Crippen LogP contribution in [0, 0.1) is 6.92 Å². The molecule has 3 aromatic rings. The molecule has 1 aromatic carbocycles. The van der Waals surface area contributed by atoms with Crippen molar-refractivity contribution in [2.45, 2.75) is 29.0 Å². The number of rotatable bonds is 8. The SMILES string of the molecule is C=CC(=C)N1CCN(C(=O)c2cc(Sc3cnc(Nc4ccccn4)s3)c(C)cc2OC)[C@@H](C)C1. The van der Waals surface area contributed by atoms with Crippen molar-refractivity contribution in [1.82, 2.24) is 19.8 Å². The maximum absolute atomic E-state index is 13.6. The van der Waals surface area contributed by atoms with E-state index in [-0.39, 0.29) is 11.9 Å². The Hall–Kier alpha value is -3.30. The average molecular weight is 508 g/mol. The molecule has 9 heteroatoms. The van der Waals surface area contributed by atoms with Gasteiger partial charge in [-0.05, 0) is 49.8 Å². The van der Waals surface area contributed by atoms with Gasteiger partial charge in [-0.3, -0.25) is 4.79 Å². The molecule has 0 saturated carbocycles. The minimum Gasteiger partial charge on any atom is -0.496 e. The number of thiazole rings is 1. The van der Waals surface area contributed by atoms with Crippen LogP contribution in [-0.4, -0.2) is 58.5 Å². The molecule has 2 aromatic heterocycles. The van der Waals surface area contributed by atoms with E-state index in [1.54, 1.807) is 42.5 Å². The number of aromatic nitrogens is 2. The second kappa shape index (κ2) is 11.0. The van der Waals surface area contributed by atoms with Crippen LogP contribution < -0.4 is 10.1 Å². The Kier molecular flexibility index (Phi) is 7.77. The van der Waals surface area contributed by atoms with Gasteiger partial charge in [-0.2, -0.15) is 0 Å². The lowest BCUT2D eigenvalue weighted by Gasteiger charge is -2.41. The molecule has 182 valence electrons. The van der Waals surface area contributed by atoms with Crippen molar-refractivity contribution in [3.05, 3.63) is 78.8 Å². The normalized spacial score (nSPS) is 15.6. The van der Waals surface area contributed by atoms with Gasteiger partial charge in [0, 0.05) is 42.5 Å². The van der Waals surface area contributed by atoms with Gasteiger partial charge in [0.2, 0.25) is 0 Å². The molecule has 0 radical (unpaired) electrons. The standard InChI is InChI=1S/C26H29N5O2S2/c1-6-18(3)30-11-12-31(19(4)16-30)25(32)20-14-22(17(2)13-21(20)33-5)34-24-15-28-26(35-24)29-23-9-7-8-10-27-23/h6-10,13-15,19H,1,3,11-12,16H2,2,4-5H3,(H,27,28,29)/t19-/m0/s1. The molecule has 7 nitrogen and oxygen atoms in total. The second-order valence-corrected chi connectivity index (χ2v) is 10.6. The zero-order chi connectivity index (χ0) is 24.9. The van der Waals surface area contributed by atoms with Crippen molar-refractivity contribution in [1.29, 1.82) is 0 Å². The Bertz CT molecular complexity index is 1230. The van der Waals surface area contributed by atoms with Gasteiger partial charge in [-0.1, -0.05) is 42.3 Å². The van der Waals surface area contributed by atoms with Crippen molar-refractivity contribution in [2.75, 3.05) is 32.1 Å². The number of ether oxygens (including phenoxy) is 1. The van der Waals surface area contributed by atoms with E-state index in [1.807, 2.05) is 48.4 Å². The van der Waals surface area contributed by atoms with Gasteiger partial charge in [-0.15, -0.1) is 0 Å². The molecule has 3 heterocycles. The number of carbonyl (C=O) groups is 1. The molecular formula is C26H29N5O2S2. The van der Waals surface area contributed by atoms with E-state index >= 15 is 0 Å². The van der Waals surface area contributed by atoms with E-state index in [4.69, 9.17) is 4.74 Å². The van der Waals surface area contributed by atoms with Crippen LogP contribution in [0.15, 0.2) is 76.8 Å². The van der Waals surface area contributed by atoms with E-state index in [2.05, 4.69) is 40.3 Å². The average Bonchev–Trinajstić information content (AvgIpc) is 3.31. The first-order valence-electron chi connectivity index (χ1n) is 11.3. The van der Waals surface area contributed by atoms with Gasteiger partial charge < -0.3 is 19.9 Å². The van der Waals surface area contributed by atoms with Crippen molar-refractivity contribution in [3.8, 4) is 5.75 Å². The fourth-order valence-electron chi connectivity index (χ4n) is 3.93. The van der Waals surface area contributed by atoms with Crippen LogP contribution in [0.25, 0.3) is 0 Å². The molecule has 0 aliphatic carbocycles. The molecule has 0 bridgehead atoms. The number of amides is 1. The van der Waals surface area contributed by atoms with Crippen molar-refractivity contribution in [3.63, 3.8) is 0 Å². The van der Waals surface area contributed by atoms with E-state index in [0.29, 0.717) is 17.9 Å². The first-order chi connectivity index (χ1) is 16.9. The molecule has 0 spiro atoms. The lowest BCUT2D eigenvalue weighted by atomic mass is 10.1. The summed E-state index contributed by atoms with van der Waals surface area (Å²) in [5.74, 6) is 1.31. The number of piperazine rings is 1. The summed E-state index contributed by atoms with van der Waals surface area (Å²) >= 11 is 3.13. The summed E-state index contributed by atoms with van der Waals surface area (Å²) in [6, 6.07) is 9.61. The van der Waals surface area contributed by atoms with Crippen LogP contribution in [0.1, 0.15) is 22.8 Å². The second-order valence-electron chi connectivity index (χ2n) is 8.23. The third-order valence-corrected chi connectivity index (χ3v) is 8.03. The Labute approximate surface area is 214 Å². The van der Waals surface area contributed by atoms with Gasteiger partial charge in [0.15, 0.2) is 5.13 Å². The highest BCUT2D eigenvalue weighted by Crippen LogP contribution is 2.39. The zero-order valence-electron chi connectivity index (χ0n) is 20.2. The van der Waals surface area contributed by atoms with Crippen LogP contribution in [-0.2, 0) is 0 Å². The summed E-state index contributed by atoms with van der Waals surface area (Å²) in [7, 11) is 1.60. The maximum atomic E-state index is 13.6. The highest BCUT2D eigenvalue weighted by Gasteiger charge is 2.30. The van der Waals surface area contributed by atoms with Crippen LogP contribution in [0.2, 0.25) is 0 Å². The highest BCUT2D eigenvalue weighted by atomic mass is 32.2. The third-order valence-electron chi connectivity index (χ3n) is 5.85. The number of nitrogens with one attached hydrogen (secondary N) is 1. The Morgan fingerprint density at radius 3 is 2.83 bits per heavy atom. The summed E-state index contributed by atoms with van der Waals surface area (Å²) < 4.78 is 6.62. The summed E-state index contributed by atoms with van der Waals surface area (Å²) in [6.45, 7) is 14.0. The topological polar surface area (TPSA) is 70.6 Å². The Morgan fingerprint density at radius 2 is 2.14 bits per heavy atom. The number of pyridine rings is 1. The van der Waals surface area contributed by atoms with Gasteiger partial charge in [0.1, 0.15) is 11.6 Å². The first kappa shape index (κ1) is 24.8. The number of methoxy groups -OCH3 is 1. The monoisotopic (exact) mass is 507 g/mol.